The second kappa shape index (κ2) is 7.01. The van der Waals surface area contributed by atoms with Crippen LogP contribution in [0.1, 0.15) is 36.0 Å². The van der Waals surface area contributed by atoms with Gasteiger partial charge in [0.15, 0.2) is 0 Å². The summed E-state index contributed by atoms with van der Waals surface area (Å²) in [5.74, 6) is -0.113. The van der Waals surface area contributed by atoms with E-state index in [0.717, 1.165) is 24.1 Å². The molecule has 8 heteroatoms. The van der Waals surface area contributed by atoms with Crippen LogP contribution in [0.3, 0.4) is 0 Å². The van der Waals surface area contributed by atoms with Crippen LogP contribution in [0.2, 0.25) is 0 Å². The predicted octanol–water partition coefficient (Wildman–Crippen LogP) is 2.85. The van der Waals surface area contributed by atoms with E-state index in [2.05, 4.69) is 15.6 Å². The van der Waals surface area contributed by atoms with Crippen LogP contribution in [0, 0.1) is 12.8 Å². The van der Waals surface area contributed by atoms with Gasteiger partial charge >= 0.3 is 6.03 Å². The number of carbonyl (C=O) groups excluding carboxylic acids is 3. The largest absolute Gasteiger partial charge is 0.326 e. The molecule has 2 fully saturated rings. The molecule has 0 radical (unpaired) electrons. The van der Waals surface area contributed by atoms with E-state index in [1.54, 1.807) is 12.3 Å². The first-order valence-electron chi connectivity index (χ1n) is 9.29. The van der Waals surface area contributed by atoms with E-state index in [1.807, 2.05) is 31.2 Å². The highest BCUT2D eigenvalue weighted by Gasteiger charge is 2.55. The minimum Gasteiger partial charge on any atom is -0.326 e. The topological polar surface area (TPSA) is 91.4 Å². The predicted molar refractivity (Wildman–Crippen MR) is 106 cm³/mol. The van der Waals surface area contributed by atoms with E-state index in [1.165, 1.54) is 16.2 Å². The van der Waals surface area contributed by atoms with Crippen molar-refractivity contribution in [1.29, 1.82) is 0 Å². The fraction of sp³-hybridized carbons (Fsp3) is 0.400. The van der Waals surface area contributed by atoms with Gasteiger partial charge in [-0.3, -0.25) is 14.5 Å². The molecule has 146 valence electrons. The molecular formula is C20H22N4O3S. The fourth-order valence-corrected chi connectivity index (χ4v) is 4.22. The number of urea groups is 1. The molecule has 2 aromatic rings. The average Bonchev–Trinajstić information content (AvgIpc) is 3.38. The summed E-state index contributed by atoms with van der Waals surface area (Å²) in [5.41, 5.74) is 1.70. The Balaban J connectivity index is 1.36. The number of hydrogen-bond donors (Lipinski definition) is 2. The van der Waals surface area contributed by atoms with Gasteiger partial charge in [0.05, 0.1) is 18.7 Å². The van der Waals surface area contributed by atoms with Crippen molar-refractivity contribution in [3.8, 4) is 0 Å². The Kier molecular flexibility index (Phi) is 4.66. The van der Waals surface area contributed by atoms with Crippen molar-refractivity contribution in [2.24, 2.45) is 5.92 Å². The summed E-state index contributed by atoms with van der Waals surface area (Å²) in [4.78, 5) is 42.8. The Labute approximate surface area is 167 Å². The number of imide groups is 1. The van der Waals surface area contributed by atoms with Crippen LogP contribution in [-0.4, -0.2) is 33.3 Å². The summed E-state index contributed by atoms with van der Waals surface area (Å²) in [6.07, 6.45) is 2.08. The molecule has 4 rings (SSSR count). The quantitative estimate of drug-likeness (QED) is 0.732. The zero-order chi connectivity index (χ0) is 19.9. The molecule has 7 nitrogen and oxygen atoms in total. The van der Waals surface area contributed by atoms with Gasteiger partial charge in [0, 0.05) is 11.1 Å². The Morgan fingerprint density at radius 1 is 1.32 bits per heavy atom. The number of aromatic nitrogens is 1. The van der Waals surface area contributed by atoms with Gasteiger partial charge in [-0.25, -0.2) is 9.78 Å². The van der Waals surface area contributed by atoms with Crippen molar-refractivity contribution in [3.63, 3.8) is 0 Å². The highest BCUT2D eigenvalue weighted by atomic mass is 32.1. The van der Waals surface area contributed by atoms with Crippen LogP contribution in [0.4, 0.5) is 10.5 Å². The van der Waals surface area contributed by atoms with Crippen LogP contribution in [0.5, 0.6) is 0 Å². The first-order chi connectivity index (χ1) is 13.3. The maximum absolute atomic E-state index is 12.7. The van der Waals surface area contributed by atoms with Crippen LogP contribution in [-0.2, 0) is 22.6 Å². The van der Waals surface area contributed by atoms with Crippen LogP contribution >= 0.6 is 11.3 Å². The normalized spacial score (nSPS) is 21.7. The molecule has 1 saturated heterocycles. The molecular weight excluding hydrogens is 376 g/mol. The molecule has 2 heterocycles. The number of nitrogens with one attached hydrogen (secondary N) is 2. The maximum Gasteiger partial charge on any atom is 0.325 e. The minimum atomic E-state index is -0.788. The SMILES string of the molecule is Cc1ccc(NC(=O)Cc2nc(CN3C(=O)N[C@@](C)(C4CC4)C3=O)cs2)cc1. The Morgan fingerprint density at radius 3 is 2.71 bits per heavy atom. The maximum atomic E-state index is 12.7. The molecule has 1 aliphatic carbocycles. The second-order valence-corrected chi connectivity index (χ2v) is 8.56. The number of carbonyl (C=O) groups is 3. The van der Waals surface area contributed by atoms with Crippen molar-refractivity contribution >= 4 is 34.9 Å². The molecule has 0 spiro atoms. The number of thiazole rings is 1. The number of nitrogens with zero attached hydrogens (tertiary/aromatic N) is 2. The Hall–Kier alpha value is -2.74. The van der Waals surface area contributed by atoms with Crippen molar-refractivity contribution in [2.45, 2.75) is 45.2 Å². The Morgan fingerprint density at radius 2 is 2.04 bits per heavy atom. The minimum absolute atomic E-state index is 0.128. The number of amides is 4. The zero-order valence-electron chi connectivity index (χ0n) is 15.8. The molecule has 2 aliphatic rings. The third-order valence-electron chi connectivity index (χ3n) is 5.26. The van der Waals surface area contributed by atoms with E-state index < -0.39 is 5.54 Å². The molecule has 4 amide bonds. The molecule has 0 unspecified atom stereocenters. The third kappa shape index (κ3) is 3.64. The number of rotatable bonds is 6. The van der Waals surface area contributed by atoms with Gasteiger partial charge in [-0.1, -0.05) is 17.7 Å². The van der Waals surface area contributed by atoms with Gasteiger partial charge in [-0.05, 0) is 44.7 Å². The molecule has 2 N–H and O–H groups in total. The lowest BCUT2D eigenvalue weighted by Crippen LogP contribution is -2.46. The van der Waals surface area contributed by atoms with E-state index in [-0.39, 0.29) is 36.7 Å². The molecule has 28 heavy (non-hydrogen) atoms. The first kappa shape index (κ1) is 18.6. The fourth-order valence-electron chi connectivity index (χ4n) is 3.44. The van der Waals surface area contributed by atoms with Crippen molar-refractivity contribution in [2.75, 3.05) is 5.32 Å². The van der Waals surface area contributed by atoms with Crippen molar-refractivity contribution in [1.82, 2.24) is 15.2 Å². The molecule has 1 aromatic carbocycles. The van der Waals surface area contributed by atoms with Gasteiger partial charge in [-0.15, -0.1) is 11.3 Å². The highest BCUT2D eigenvalue weighted by Crippen LogP contribution is 2.42. The number of benzene rings is 1. The summed E-state index contributed by atoms with van der Waals surface area (Å²) in [7, 11) is 0. The second-order valence-electron chi connectivity index (χ2n) is 7.62. The zero-order valence-corrected chi connectivity index (χ0v) is 16.6. The van der Waals surface area contributed by atoms with Crippen LogP contribution in [0.25, 0.3) is 0 Å². The van der Waals surface area contributed by atoms with Gasteiger partial charge in [0.25, 0.3) is 5.91 Å². The Bertz CT molecular complexity index is 935. The number of hydrogen-bond acceptors (Lipinski definition) is 5. The monoisotopic (exact) mass is 398 g/mol. The number of aryl methyl sites for hydroxylation is 1. The van der Waals surface area contributed by atoms with Crippen molar-refractivity contribution < 1.29 is 14.4 Å². The summed E-state index contributed by atoms with van der Waals surface area (Å²) < 4.78 is 0. The van der Waals surface area contributed by atoms with Crippen LogP contribution in [0.15, 0.2) is 29.6 Å². The lowest BCUT2D eigenvalue weighted by molar-refractivity contribution is -0.131. The van der Waals surface area contributed by atoms with Crippen LogP contribution < -0.4 is 10.6 Å². The lowest BCUT2D eigenvalue weighted by Gasteiger charge is -2.20. The number of anilines is 1. The standard InChI is InChI=1S/C20H22N4O3S/c1-12-3-7-14(8-4-12)21-16(25)9-17-22-15(11-28-17)10-24-18(26)20(2,13-5-6-13)23-19(24)27/h3-4,7-8,11,13H,5-6,9-10H2,1-2H3,(H,21,25)(H,23,27)/t20-/m0/s1. The molecule has 1 saturated carbocycles. The summed E-state index contributed by atoms with van der Waals surface area (Å²) in [6.45, 7) is 3.91. The smallest absolute Gasteiger partial charge is 0.325 e. The van der Waals surface area contributed by atoms with E-state index in [9.17, 15) is 14.4 Å². The lowest BCUT2D eigenvalue weighted by atomic mass is 9.96. The summed E-state index contributed by atoms with van der Waals surface area (Å²) in [5, 5.41) is 8.12. The van der Waals surface area contributed by atoms with Gasteiger partial charge in [-0.2, -0.15) is 0 Å². The molecule has 1 aliphatic heterocycles. The summed E-state index contributed by atoms with van der Waals surface area (Å²) in [6, 6.07) is 7.21. The van der Waals surface area contributed by atoms with Crippen molar-refractivity contribution in [3.05, 3.63) is 45.9 Å². The van der Waals surface area contributed by atoms with Gasteiger partial charge < -0.3 is 10.6 Å². The summed E-state index contributed by atoms with van der Waals surface area (Å²) >= 11 is 1.35. The van der Waals surface area contributed by atoms with Gasteiger partial charge in [0.1, 0.15) is 10.5 Å². The molecule has 0 bridgehead atoms. The average molecular weight is 398 g/mol. The first-order valence-corrected chi connectivity index (χ1v) is 10.2. The van der Waals surface area contributed by atoms with E-state index in [4.69, 9.17) is 0 Å². The van der Waals surface area contributed by atoms with Gasteiger partial charge in [0.2, 0.25) is 5.91 Å². The van der Waals surface area contributed by atoms with E-state index >= 15 is 0 Å². The molecule has 1 aromatic heterocycles. The third-order valence-corrected chi connectivity index (χ3v) is 6.16. The molecule has 1 atom stereocenters. The highest BCUT2D eigenvalue weighted by molar-refractivity contribution is 7.09. The van der Waals surface area contributed by atoms with E-state index in [0.29, 0.717) is 10.7 Å².